The summed E-state index contributed by atoms with van der Waals surface area (Å²) in [5.74, 6) is 0. The molecule has 5 nitrogen and oxygen atoms in total. The van der Waals surface area contributed by atoms with Crippen LogP contribution < -0.4 is 4.72 Å². The predicted octanol–water partition coefficient (Wildman–Crippen LogP) is 2.88. The number of rotatable bonds is 3. The molecule has 0 aliphatic rings. The maximum atomic E-state index is 12.5. The standard InChI is InChI=1S/C10H7ClF3N3O2S/c11-8-3-6(10(12,13)14)1-2-9(8)20(18,19)17-7-4-15-16-5-7/h1-5,17H,(H,15,16). The Morgan fingerprint density at radius 3 is 2.50 bits per heavy atom. The predicted molar refractivity (Wildman–Crippen MR) is 65.9 cm³/mol. The maximum absolute atomic E-state index is 12.5. The summed E-state index contributed by atoms with van der Waals surface area (Å²) in [5, 5.41) is 5.41. The first-order valence-electron chi connectivity index (χ1n) is 5.08. The van der Waals surface area contributed by atoms with Crippen LogP contribution in [0.15, 0.2) is 35.5 Å². The highest BCUT2D eigenvalue weighted by atomic mass is 35.5. The molecule has 0 unspecified atom stereocenters. The van der Waals surface area contributed by atoms with E-state index in [1.807, 2.05) is 0 Å². The van der Waals surface area contributed by atoms with Crippen LogP contribution >= 0.6 is 11.6 Å². The Labute approximate surface area is 116 Å². The van der Waals surface area contributed by atoms with Gasteiger partial charge in [0.05, 0.1) is 22.5 Å². The van der Waals surface area contributed by atoms with Crippen molar-refractivity contribution >= 4 is 27.3 Å². The fourth-order valence-electron chi connectivity index (χ4n) is 1.41. The zero-order valence-corrected chi connectivity index (χ0v) is 11.1. The SMILES string of the molecule is O=S(=O)(Nc1cn[nH]c1)c1ccc(C(F)(F)F)cc1Cl. The van der Waals surface area contributed by atoms with E-state index in [0.717, 1.165) is 6.07 Å². The number of hydrogen-bond donors (Lipinski definition) is 2. The Balaban J connectivity index is 2.38. The Hall–Kier alpha value is -1.74. The lowest BCUT2D eigenvalue weighted by atomic mass is 10.2. The van der Waals surface area contributed by atoms with E-state index in [-0.39, 0.29) is 5.69 Å². The molecule has 2 aromatic rings. The molecular formula is C10H7ClF3N3O2S. The molecule has 1 heterocycles. The van der Waals surface area contributed by atoms with Crippen molar-refractivity contribution in [1.29, 1.82) is 0 Å². The third-order valence-corrected chi connectivity index (χ3v) is 4.16. The summed E-state index contributed by atoms with van der Waals surface area (Å²) in [6, 6.07) is 2.01. The molecule has 0 aliphatic heterocycles. The fraction of sp³-hybridized carbons (Fsp3) is 0.100. The van der Waals surface area contributed by atoms with Crippen molar-refractivity contribution in [3.05, 3.63) is 41.2 Å². The van der Waals surface area contributed by atoms with Crippen molar-refractivity contribution in [2.45, 2.75) is 11.1 Å². The van der Waals surface area contributed by atoms with E-state index in [4.69, 9.17) is 11.6 Å². The molecule has 0 saturated carbocycles. The molecule has 0 saturated heterocycles. The van der Waals surface area contributed by atoms with Gasteiger partial charge in [-0.15, -0.1) is 0 Å². The minimum Gasteiger partial charge on any atom is -0.284 e. The van der Waals surface area contributed by atoms with Gasteiger partial charge in [-0.05, 0) is 18.2 Å². The van der Waals surface area contributed by atoms with Crippen LogP contribution in [0.5, 0.6) is 0 Å². The van der Waals surface area contributed by atoms with Gasteiger partial charge in [0.15, 0.2) is 0 Å². The molecule has 0 radical (unpaired) electrons. The zero-order chi connectivity index (χ0) is 15.0. The average Bonchev–Trinajstić information content (AvgIpc) is 2.79. The van der Waals surface area contributed by atoms with Gasteiger partial charge in [0.1, 0.15) is 4.90 Å². The van der Waals surface area contributed by atoms with E-state index in [2.05, 4.69) is 14.9 Å². The third kappa shape index (κ3) is 3.05. The van der Waals surface area contributed by atoms with E-state index in [1.165, 1.54) is 12.4 Å². The molecule has 0 fully saturated rings. The number of aromatic amines is 1. The Morgan fingerprint density at radius 2 is 2.00 bits per heavy atom. The largest absolute Gasteiger partial charge is 0.416 e. The van der Waals surface area contributed by atoms with Gasteiger partial charge < -0.3 is 0 Å². The van der Waals surface area contributed by atoms with Gasteiger partial charge in [0.2, 0.25) is 0 Å². The smallest absolute Gasteiger partial charge is 0.284 e. The number of alkyl halides is 3. The minimum absolute atomic E-state index is 0.140. The van der Waals surface area contributed by atoms with Crippen LogP contribution in [0.1, 0.15) is 5.56 Å². The number of anilines is 1. The van der Waals surface area contributed by atoms with E-state index in [9.17, 15) is 21.6 Å². The van der Waals surface area contributed by atoms with Gasteiger partial charge in [-0.2, -0.15) is 18.3 Å². The number of benzene rings is 1. The van der Waals surface area contributed by atoms with Gasteiger partial charge >= 0.3 is 6.18 Å². The first-order chi connectivity index (χ1) is 9.20. The Morgan fingerprint density at radius 1 is 1.30 bits per heavy atom. The molecule has 2 rings (SSSR count). The monoisotopic (exact) mass is 325 g/mol. The lowest BCUT2D eigenvalue weighted by Crippen LogP contribution is -2.14. The summed E-state index contributed by atoms with van der Waals surface area (Å²) in [6.07, 6.45) is -2.12. The average molecular weight is 326 g/mol. The van der Waals surface area contributed by atoms with Gasteiger partial charge in [-0.25, -0.2) is 8.42 Å². The van der Waals surface area contributed by atoms with Crippen molar-refractivity contribution in [1.82, 2.24) is 10.2 Å². The summed E-state index contributed by atoms with van der Waals surface area (Å²) in [4.78, 5) is -0.451. The Kier molecular flexibility index (Phi) is 3.65. The van der Waals surface area contributed by atoms with Crippen LogP contribution in [0.25, 0.3) is 0 Å². The number of H-pyrrole nitrogens is 1. The molecule has 0 aliphatic carbocycles. The molecule has 0 spiro atoms. The fourth-order valence-corrected chi connectivity index (χ4v) is 2.99. The summed E-state index contributed by atoms with van der Waals surface area (Å²) in [6.45, 7) is 0. The molecule has 108 valence electrons. The number of halogens is 4. The van der Waals surface area contributed by atoms with Crippen LogP contribution in [0.3, 0.4) is 0 Å². The van der Waals surface area contributed by atoms with Crippen molar-refractivity contribution in [2.24, 2.45) is 0 Å². The van der Waals surface area contributed by atoms with Crippen molar-refractivity contribution in [2.75, 3.05) is 4.72 Å². The summed E-state index contributed by atoms with van der Waals surface area (Å²) in [5.41, 5.74) is -0.884. The molecule has 0 bridgehead atoms. The zero-order valence-electron chi connectivity index (χ0n) is 9.57. The molecule has 0 atom stereocenters. The molecule has 0 amide bonds. The first kappa shape index (κ1) is 14.7. The highest BCUT2D eigenvalue weighted by molar-refractivity contribution is 7.92. The van der Waals surface area contributed by atoms with Crippen LogP contribution in [0, 0.1) is 0 Å². The second-order valence-corrected chi connectivity index (χ2v) is 5.79. The lowest BCUT2D eigenvalue weighted by Gasteiger charge is -2.11. The molecule has 2 N–H and O–H groups in total. The Bertz CT molecular complexity index is 714. The highest BCUT2D eigenvalue weighted by Gasteiger charge is 2.32. The van der Waals surface area contributed by atoms with Crippen LogP contribution in [0.2, 0.25) is 5.02 Å². The second-order valence-electron chi connectivity index (χ2n) is 3.74. The number of nitrogens with zero attached hydrogens (tertiary/aromatic N) is 1. The third-order valence-electron chi connectivity index (χ3n) is 2.30. The van der Waals surface area contributed by atoms with Crippen LogP contribution in [-0.2, 0) is 16.2 Å². The molecule has 20 heavy (non-hydrogen) atoms. The van der Waals surface area contributed by atoms with Crippen molar-refractivity contribution in [3.8, 4) is 0 Å². The quantitative estimate of drug-likeness (QED) is 0.911. The highest BCUT2D eigenvalue weighted by Crippen LogP contribution is 2.33. The summed E-state index contributed by atoms with van der Waals surface area (Å²) >= 11 is 5.62. The molecule has 1 aromatic carbocycles. The number of aromatic nitrogens is 2. The molecular weight excluding hydrogens is 319 g/mol. The summed E-state index contributed by atoms with van der Waals surface area (Å²) < 4.78 is 63.4. The van der Waals surface area contributed by atoms with Gasteiger partial charge in [-0.3, -0.25) is 9.82 Å². The topological polar surface area (TPSA) is 74.8 Å². The molecule has 1 aromatic heterocycles. The van der Waals surface area contributed by atoms with E-state index >= 15 is 0 Å². The van der Waals surface area contributed by atoms with Gasteiger partial charge in [-0.1, -0.05) is 11.6 Å². The number of sulfonamides is 1. The van der Waals surface area contributed by atoms with E-state index < -0.39 is 31.7 Å². The van der Waals surface area contributed by atoms with Gasteiger partial charge in [0.25, 0.3) is 10.0 Å². The van der Waals surface area contributed by atoms with Gasteiger partial charge in [0, 0.05) is 6.20 Å². The van der Waals surface area contributed by atoms with E-state index in [0.29, 0.717) is 12.1 Å². The van der Waals surface area contributed by atoms with E-state index in [1.54, 1.807) is 0 Å². The number of hydrogen-bond acceptors (Lipinski definition) is 3. The van der Waals surface area contributed by atoms with Crippen molar-refractivity contribution in [3.63, 3.8) is 0 Å². The first-order valence-corrected chi connectivity index (χ1v) is 6.94. The van der Waals surface area contributed by atoms with Crippen LogP contribution in [-0.4, -0.2) is 18.6 Å². The van der Waals surface area contributed by atoms with Crippen molar-refractivity contribution < 1.29 is 21.6 Å². The lowest BCUT2D eigenvalue weighted by molar-refractivity contribution is -0.137. The normalized spacial score (nSPS) is 12.4. The molecule has 10 heteroatoms. The number of nitrogens with one attached hydrogen (secondary N) is 2. The second kappa shape index (κ2) is 4.98. The maximum Gasteiger partial charge on any atom is 0.416 e. The van der Waals surface area contributed by atoms with Crippen LogP contribution in [0.4, 0.5) is 18.9 Å². The summed E-state index contributed by atoms with van der Waals surface area (Å²) in [7, 11) is -4.09. The minimum atomic E-state index is -4.59.